The number of nitrogens with zero attached hydrogens (tertiary/aromatic N) is 3. The summed E-state index contributed by atoms with van der Waals surface area (Å²) in [6.45, 7) is 2.45. The van der Waals surface area contributed by atoms with Gasteiger partial charge in [0.15, 0.2) is 0 Å². The number of aromatic nitrogens is 3. The van der Waals surface area contributed by atoms with Gasteiger partial charge in [0, 0.05) is 32.1 Å². The molecule has 0 spiro atoms. The van der Waals surface area contributed by atoms with Crippen molar-refractivity contribution in [3.05, 3.63) is 59.9 Å². The van der Waals surface area contributed by atoms with E-state index in [1.807, 2.05) is 42.9 Å². The summed E-state index contributed by atoms with van der Waals surface area (Å²) in [5.74, 6) is 2.51. The normalized spacial score (nSPS) is 12.7. The number of furan rings is 1. The van der Waals surface area contributed by atoms with Crippen molar-refractivity contribution >= 4 is 0 Å². The van der Waals surface area contributed by atoms with Gasteiger partial charge in [0.2, 0.25) is 0 Å². The third kappa shape index (κ3) is 2.50. The standard InChI is InChI=1S/C14H16N4O2/c1-10-8-11(17-20-10)9-16-13(12-4-3-7-19-12)14-15-5-6-18(14)2/h3-8,13,16H,9H2,1-2H3. The Morgan fingerprint density at radius 2 is 2.35 bits per heavy atom. The Morgan fingerprint density at radius 1 is 1.45 bits per heavy atom. The predicted octanol–water partition coefficient (Wildman–Crippen LogP) is 2.19. The molecule has 6 heteroatoms. The van der Waals surface area contributed by atoms with E-state index in [1.165, 1.54) is 0 Å². The average molecular weight is 272 g/mol. The molecule has 3 aromatic heterocycles. The highest BCUT2D eigenvalue weighted by atomic mass is 16.5. The van der Waals surface area contributed by atoms with Gasteiger partial charge in [-0.1, -0.05) is 5.16 Å². The molecule has 1 atom stereocenters. The predicted molar refractivity (Wildman–Crippen MR) is 71.8 cm³/mol. The molecule has 0 fully saturated rings. The molecule has 104 valence electrons. The largest absolute Gasteiger partial charge is 0.467 e. The van der Waals surface area contributed by atoms with Crippen LogP contribution in [0.4, 0.5) is 0 Å². The summed E-state index contributed by atoms with van der Waals surface area (Å²) < 4.78 is 12.5. The highest BCUT2D eigenvalue weighted by Crippen LogP contribution is 2.21. The second-order valence-electron chi connectivity index (χ2n) is 4.65. The molecule has 1 N–H and O–H groups in total. The molecule has 3 heterocycles. The third-order valence-electron chi connectivity index (χ3n) is 3.11. The van der Waals surface area contributed by atoms with Crippen LogP contribution in [0.25, 0.3) is 0 Å². The van der Waals surface area contributed by atoms with Gasteiger partial charge in [-0.05, 0) is 19.1 Å². The van der Waals surface area contributed by atoms with Crippen LogP contribution in [0.1, 0.15) is 29.1 Å². The quantitative estimate of drug-likeness (QED) is 0.771. The van der Waals surface area contributed by atoms with Crippen LogP contribution in [-0.4, -0.2) is 14.7 Å². The van der Waals surface area contributed by atoms with Crippen LogP contribution in [-0.2, 0) is 13.6 Å². The SMILES string of the molecule is Cc1cc(CNC(c2ccco2)c2nccn2C)no1. The molecule has 0 saturated heterocycles. The van der Waals surface area contributed by atoms with E-state index < -0.39 is 0 Å². The highest BCUT2D eigenvalue weighted by molar-refractivity contribution is 5.16. The maximum absolute atomic E-state index is 5.51. The summed E-state index contributed by atoms with van der Waals surface area (Å²) in [5.41, 5.74) is 0.855. The van der Waals surface area contributed by atoms with Crippen molar-refractivity contribution < 1.29 is 8.94 Å². The Labute approximate surface area is 116 Å². The molecule has 0 aliphatic carbocycles. The van der Waals surface area contributed by atoms with E-state index in [-0.39, 0.29) is 6.04 Å². The fourth-order valence-electron chi connectivity index (χ4n) is 2.14. The molecule has 3 aromatic rings. The Hall–Kier alpha value is -2.34. The van der Waals surface area contributed by atoms with E-state index in [1.54, 1.807) is 12.5 Å². The maximum atomic E-state index is 5.51. The first-order valence-corrected chi connectivity index (χ1v) is 6.40. The van der Waals surface area contributed by atoms with Crippen molar-refractivity contribution in [2.75, 3.05) is 0 Å². The monoisotopic (exact) mass is 272 g/mol. The van der Waals surface area contributed by atoms with Gasteiger partial charge in [-0.15, -0.1) is 0 Å². The number of hydrogen-bond donors (Lipinski definition) is 1. The molecular weight excluding hydrogens is 256 g/mol. The molecule has 0 saturated carbocycles. The van der Waals surface area contributed by atoms with Crippen molar-refractivity contribution in [2.24, 2.45) is 7.05 Å². The number of rotatable bonds is 5. The van der Waals surface area contributed by atoms with Gasteiger partial charge < -0.3 is 13.5 Å². The van der Waals surface area contributed by atoms with Crippen LogP contribution in [0, 0.1) is 6.92 Å². The van der Waals surface area contributed by atoms with E-state index in [2.05, 4.69) is 15.5 Å². The van der Waals surface area contributed by atoms with E-state index in [4.69, 9.17) is 8.94 Å². The van der Waals surface area contributed by atoms with E-state index in [9.17, 15) is 0 Å². The summed E-state index contributed by atoms with van der Waals surface area (Å²) in [4.78, 5) is 4.39. The third-order valence-corrected chi connectivity index (χ3v) is 3.11. The Kier molecular flexibility index (Phi) is 3.39. The molecule has 0 bridgehead atoms. The second-order valence-corrected chi connectivity index (χ2v) is 4.65. The smallest absolute Gasteiger partial charge is 0.133 e. The molecule has 1 unspecified atom stereocenters. The summed E-state index contributed by atoms with van der Waals surface area (Å²) in [7, 11) is 1.96. The molecule has 0 aromatic carbocycles. The zero-order valence-corrected chi connectivity index (χ0v) is 11.4. The van der Waals surface area contributed by atoms with Crippen molar-refractivity contribution in [2.45, 2.75) is 19.5 Å². The van der Waals surface area contributed by atoms with Gasteiger partial charge in [0.05, 0.1) is 12.0 Å². The van der Waals surface area contributed by atoms with Crippen LogP contribution in [0.2, 0.25) is 0 Å². The second kappa shape index (κ2) is 5.34. The Bertz CT molecular complexity index is 669. The molecule has 0 aliphatic rings. The molecule has 6 nitrogen and oxygen atoms in total. The molecule has 0 radical (unpaired) electrons. The van der Waals surface area contributed by atoms with Gasteiger partial charge in [0.25, 0.3) is 0 Å². The maximum Gasteiger partial charge on any atom is 0.133 e. The molecule has 0 amide bonds. The zero-order chi connectivity index (χ0) is 13.9. The lowest BCUT2D eigenvalue weighted by Gasteiger charge is -2.15. The van der Waals surface area contributed by atoms with E-state index >= 15 is 0 Å². The first-order chi connectivity index (χ1) is 9.74. The lowest BCUT2D eigenvalue weighted by atomic mass is 10.2. The summed E-state index contributed by atoms with van der Waals surface area (Å²) in [5, 5.41) is 7.37. The van der Waals surface area contributed by atoms with Crippen LogP contribution >= 0.6 is 0 Å². The van der Waals surface area contributed by atoms with Crippen molar-refractivity contribution in [1.29, 1.82) is 0 Å². The first kappa shape index (κ1) is 12.7. The van der Waals surface area contributed by atoms with Crippen LogP contribution in [0.5, 0.6) is 0 Å². The number of hydrogen-bond acceptors (Lipinski definition) is 5. The van der Waals surface area contributed by atoms with Gasteiger partial charge >= 0.3 is 0 Å². The fraction of sp³-hybridized carbons (Fsp3) is 0.286. The lowest BCUT2D eigenvalue weighted by Crippen LogP contribution is -2.24. The average Bonchev–Trinajstić information content (AvgIpc) is 3.14. The molecule has 3 rings (SSSR count). The number of nitrogens with one attached hydrogen (secondary N) is 1. The molecule has 0 aliphatic heterocycles. The number of aryl methyl sites for hydroxylation is 2. The van der Waals surface area contributed by atoms with Gasteiger partial charge in [-0.3, -0.25) is 5.32 Å². The minimum Gasteiger partial charge on any atom is -0.467 e. The van der Waals surface area contributed by atoms with Crippen LogP contribution in [0.15, 0.2) is 45.8 Å². The van der Waals surface area contributed by atoms with Crippen LogP contribution < -0.4 is 5.32 Å². The Morgan fingerprint density at radius 3 is 2.95 bits per heavy atom. The van der Waals surface area contributed by atoms with Gasteiger partial charge in [-0.25, -0.2) is 4.98 Å². The zero-order valence-electron chi connectivity index (χ0n) is 11.4. The lowest BCUT2D eigenvalue weighted by molar-refractivity contribution is 0.381. The van der Waals surface area contributed by atoms with Gasteiger partial charge in [0.1, 0.15) is 23.4 Å². The topological polar surface area (TPSA) is 69.0 Å². The van der Waals surface area contributed by atoms with E-state index in [0.717, 1.165) is 23.0 Å². The van der Waals surface area contributed by atoms with E-state index in [0.29, 0.717) is 6.54 Å². The molecule has 20 heavy (non-hydrogen) atoms. The van der Waals surface area contributed by atoms with Crippen LogP contribution in [0.3, 0.4) is 0 Å². The Balaban J connectivity index is 1.81. The minimum absolute atomic E-state index is 0.123. The van der Waals surface area contributed by atoms with Crippen molar-refractivity contribution in [3.63, 3.8) is 0 Å². The summed E-state index contributed by atoms with van der Waals surface area (Å²) in [6, 6.07) is 5.58. The summed E-state index contributed by atoms with van der Waals surface area (Å²) in [6.07, 6.45) is 5.34. The fourth-order valence-corrected chi connectivity index (χ4v) is 2.14. The first-order valence-electron chi connectivity index (χ1n) is 6.40. The van der Waals surface area contributed by atoms with Crippen molar-refractivity contribution in [3.8, 4) is 0 Å². The highest BCUT2D eigenvalue weighted by Gasteiger charge is 2.20. The van der Waals surface area contributed by atoms with Gasteiger partial charge in [-0.2, -0.15) is 0 Å². The molecular formula is C14H16N4O2. The summed E-state index contributed by atoms with van der Waals surface area (Å²) >= 11 is 0. The number of imidazole rings is 1. The minimum atomic E-state index is -0.123. The van der Waals surface area contributed by atoms with Crippen molar-refractivity contribution in [1.82, 2.24) is 20.0 Å².